The average molecular weight is 323 g/mol. The molecule has 0 aliphatic heterocycles. The van der Waals surface area contributed by atoms with Gasteiger partial charge in [0.15, 0.2) is 0 Å². The Morgan fingerprint density at radius 1 is 1.43 bits per heavy atom. The number of aromatic amines is 1. The molecule has 7 heteroatoms. The SMILES string of the molecule is CC1=CCCC=C1.NSc1ccc2nc(S(=O)O)[nH]c2c1. The molecule has 0 bridgehead atoms. The molecule has 0 fully saturated rings. The third-order valence-electron chi connectivity index (χ3n) is 2.91. The minimum Gasteiger partial charge on any atom is -0.329 e. The van der Waals surface area contributed by atoms with Crippen LogP contribution in [0.25, 0.3) is 11.0 Å². The summed E-state index contributed by atoms with van der Waals surface area (Å²) in [6, 6.07) is 5.33. The minimum absolute atomic E-state index is 0.0548. The van der Waals surface area contributed by atoms with Crippen LogP contribution in [0, 0.1) is 0 Å². The molecule has 112 valence electrons. The predicted molar refractivity (Wildman–Crippen MR) is 87.3 cm³/mol. The molecule has 1 aromatic carbocycles. The fourth-order valence-corrected chi connectivity index (χ4v) is 2.57. The molecule has 1 atom stereocenters. The van der Waals surface area contributed by atoms with Gasteiger partial charge in [-0.3, -0.25) is 9.69 Å². The molecule has 3 rings (SSSR count). The zero-order valence-electron chi connectivity index (χ0n) is 11.6. The topological polar surface area (TPSA) is 92.0 Å². The summed E-state index contributed by atoms with van der Waals surface area (Å²) in [6.07, 6.45) is 9.12. The van der Waals surface area contributed by atoms with Crippen molar-refractivity contribution in [3.63, 3.8) is 0 Å². The second-order valence-electron chi connectivity index (χ2n) is 4.52. The standard InChI is InChI=1S/C7H7N3O2S2.C7H10/c8-13-4-1-2-5-6(3-4)10-7(9-5)14(11)12;1-7-5-3-2-4-6-7/h1-3H,8H2,(H,9,10)(H,11,12);3,5-6H,2,4H2,1H3. The summed E-state index contributed by atoms with van der Waals surface area (Å²) >= 11 is -0.960. The van der Waals surface area contributed by atoms with Crippen LogP contribution < -0.4 is 5.14 Å². The van der Waals surface area contributed by atoms with Crippen LogP contribution in [-0.4, -0.2) is 18.7 Å². The number of fused-ring (bicyclic) bond motifs is 1. The number of allylic oxidation sites excluding steroid dienone is 4. The Bertz CT molecular complexity index is 707. The van der Waals surface area contributed by atoms with Crippen molar-refractivity contribution in [1.29, 1.82) is 0 Å². The van der Waals surface area contributed by atoms with E-state index in [9.17, 15) is 4.21 Å². The monoisotopic (exact) mass is 323 g/mol. The van der Waals surface area contributed by atoms with Crippen molar-refractivity contribution in [2.24, 2.45) is 5.14 Å². The van der Waals surface area contributed by atoms with Crippen molar-refractivity contribution >= 4 is 34.1 Å². The number of H-pyrrole nitrogens is 1. The summed E-state index contributed by atoms with van der Waals surface area (Å²) in [6.45, 7) is 2.13. The third kappa shape index (κ3) is 4.53. The van der Waals surface area contributed by atoms with Gasteiger partial charge in [0.2, 0.25) is 16.2 Å². The van der Waals surface area contributed by atoms with Gasteiger partial charge in [-0.05, 0) is 49.9 Å². The molecule has 0 spiro atoms. The molecule has 0 saturated carbocycles. The Labute approximate surface area is 130 Å². The number of hydrogen-bond acceptors (Lipinski definition) is 4. The summed E-state index contributed by atoms with van der Waals surface area (Å²) in [5.74, 6) is 0. The third-order valence-corrected chi connectivity index (χ3v) is 3.96. The molecule has 0 radical (unpaired) electrons. The summed E-state index contributed by atoms with van der Waals surface area (Å²) in [4.78, 5) is 7.54. The van der Waals surface area contributed by atoms with E-state index in [4.69, 9.17) is 9.69 Å². The number of aromatic nitrogens is 2. The Morgan fingerprint density at radius 2 is 2.24 bits per heavy atom. The maximum absolute atomic E-state index is 10.7. The number of rotatable bonds is 2. The normalized spacial score (nSPS) is 15.3. The molecule has 0 amide bonds. The van der Waals surface area contributed by atoms with Crippen molar-refractivity contribution < 1.29 is 8.76 Å². The number of nitrogens with two attached hydrogens (primary N) is 1. The highest BCUT2D eigenvalue weighted by atomic mass is 32.2. The molecule has 4 N–H and O–H groups in total. The summed E-state index contributed by atoms with van der Waals surface area (Å²) in [5, 5.41) is 5.44. The van der Waals surface area contributed by atoms with Crippen LogP contribution in [0.2, 0.25) is 0 Å². The van der Waals surface area contributed by atoms with Crippen LogP contribution in [0.15, 0.2) is 52.1 Å². The van der Waals surface area contributed by atoms with Gasteiger partial charge in [0.1, 0.15) is 0 Å². The predicted octanol–water partition coefficient (Wildman–Crippen LogP) is 3.39. The highest BCUT2D eigenvalue weighted by molar-refractivity contribution is 7.97. The van der Waals surface area contributed by atoms with Crippen LogP contribution in [0.1, 0.15) is 19.8 Å². The van der Waals surface area contributed by atoms with Gasteiger partial charge in [0.05, 0.1) is 11.0 Å². The summed E-state index contributed by atoms with van der Waals surface area (Å²) in [7, 11) is 0. The van der Waals surface area contributed by atoms with Gasteiger partial charge >= 0.3 is 0 Å². The van der Waals surface area contributed by atoms with Gasteiger partial charge in [-0.25, -0.2) is 9.19 Å². The van der Waals surface area contributed by atoms with Gasteiger partial charge in [-0.15, -0.1) is 0 Å². The number of nitrogens with one attached hydrogen (secondary N) is 1. The van der Waals surface area contributed by atoms with E-state index >= 15 is 0 Å². The quantitative estimate of drug-likeness (QED) is 0.582. The molecule has 1 aromatic heterocycles. The minimum atomic E-state index is -2.07. The van der Waals surface area contributed by atoms with Crippen LogP contribution in [-0.2, 0) is 11.1 Å². The second kappa shape index (κ2) is 7.56. The van der Waals surface area contributed by atoms with Gasteiger partial charge in [-0.2, -0.15) is 0 Å². The van der Waals surface area contributed by atoms with E-state index < -0.39 is 11.1 Å². The molecule has 1 unspecified atom stereocenters. The lowest BCUT2D eigenvalue weighted by Crippen LogP contribution is -1.89. The summed E-state index contributed by atoms with van der Waals surface area (Å²) < 4.78 is 19.5. The van der Waals surface area contributed by atoms with Crippen molar-refractivity contribution in [3.8, 4) is 0 Å². The Kier molecular flexibility index (Phi) is 5.75. The zero-order chi connectivity index (χ0) is 15.2. The Morgan fingerprint density at radius 3 is 2.76 bits per heavy atom. The molecule has 1 aliphatic rings. The van der Waals surface area contributed by atoms with Crippen LogP contribution in [0.3, 0.4) is 0 Å². The lowest BCUT2D eigenvalue weighted by molar-refractivity contribution is 0.557. The van der Waals surface area contributed by atoms with E-state index in [1.807, 2.05) is 0 Å². The van der Waals surface area contributed by atoms with Crippen LogP contribution in [0.4, 0.5) is 0 Å². The molecule has 2 aromatic rings. The molecule has 1 aliphatic carbocycles. The fourth-order valence-electron chi connectivity index (χ4n) is 1.87. The Balaban J connectivity index is 0.000000194. The van der Waals surface area contributed by atoms with E-state index in [0.717, 1.165) is 16.8 Å². The summed E-state index contributed by atoms with van der Waals surface area (Å²) in [5.41, 5.74) is 2.77. The highest BCUT2D eigenvalue weighted by Gasteiger charge is 2.07. The van der Waals surface area contributed by atoms with E-state index in [1.54, 1.807) is 18.2 Å². The van der Waals surface area contributed by atoms with Crippen molar-refractivity contribution in [2.75, 3.05) is 0 Å². The van der Waals surface area contributed by atoms with E-state index in [0.29, 0.717) is 11.0 Å². The molecule has 5 nitrogen and oxygen atoms in total. The van der Waals surface area contributed by atoms with E-state index in [1.165, 1.54) is 18.4 Å². The van der Waals surface area contributed by atoms with Crippen LogP contribution >= 0.6 is 11.9 Å². The maximum atomic E-state index is 10.7. The number of imidazole rings is 1. The van der Waals surface area contributed by atoms with E-state index in [2.05, 4.69) is 35.1 Å². The lowest BCUT2D eigenvalue weighted by Gasteiger charge is -1.96. The van der Waals surface area contributed by atoms with Gasteiger partial charge in [0.25, 0.3) is 0 Å². The first-order valence-corrected chi connectivity index (χ1v) is 8.39. The number of nitrogens with zero attached hydrogens (tertiary/aromatic N) is 1. The molecular weight excluding hydrogens is 306 g/mol. The maximum Gasteiger partial charge on any atom is 0.225 e. The largest absolute Gasteiger partial charge is 0.329 e. The smallest absolute Gasteiger partial charge is 0.225 e. The van der Waals surface area contributed by atoms with Crippen molar-refractivity contribution in [3.05, 3.63) is 42.0 Å². The molecular formula is C14H17N3O2S2. The zero-order valence-corrected chi connectivity index (χ0v) is 13.2. The van der Waals surface area contributed by atoms with E-state index in [-0.39, 0.29) is 5.16 Å². The van der Waals surface area contributed by atoms with Crippen LogP contribution in [0.5, 0.6) is 0 Å². The lowest BCUT2D eigenvalue weighted by atomic mass is 10.1. The Hall–Kier alpha value is -1.41. The highest BCUT2D eigenvalue weighted by Crippen LogP contribution is 2.19. The average Bonchev–Trinajstić information content (AvgIpc) is 2.92. The van der Waals surface area contributed by atoms with Gasteiger partial charge in [-0.1, -0.05) is 23.8 Å². The van der Waals surface area contributed by atoms with Gasteiger partial charge < -0.3 is 4.98 Å². The fraction of sp³-hybridized carbons (Fsp3) is 0.214. The van der Waals surface area contributed by atoms with Crippen molar-refractivity contribution in [2.45, 2.75) is 29.8 Å². The first-order valence-electron chi connectivity index (χ1n) is 6.41. The first-order chi connectivity index (χ1) is 10.1. The number of hydrogen-bond donors (Lipinski definition) is 3. The number of benzene rings is 1. The second-order valence-corrected chi connectivity index (χ2v) is 6.11. The molecule has 21 heavy (non-hydrogen) atoms. The molecule has 1 heterocycles. The first kappa shape index (κ1) is 16.0. The van der Waals surface area contributed by atoms with Crippen molar-refractivity contribution in [1.82, 2.24) is 9.97 Å². The molecule has 0 saturated heterocycles. The van der Waals surface area contributed by atoms with Gasteiger partial charge in [0, 0.05) is 4.90 Å².